The van der Waals surface area contributed by atoms with Gasteiger partial charge in [-0.2, -0.15) is 12.6 Å². The molecule has 0 fully saturated rings. The van der Waals surface area contributed by atoms with Crippen LogP contribution in [0.1, 0.15) is 27.7 Å². The molecule has 0 aromatic carbocycles. The van der Waals surface area contributed by atoms with Crippen LogP contribution in [0.4, 0.5) is 0 Å². The molecular weight excluding hydrogens is 214 g/mol. The van der Waals surface area contributed by atoms with Gasteiger partial charge in [-0.1, -0.05) is 13.8 Å². The lowest BCUT2D eigenvalue weighted by atomic mass is 10.1. The van der Waals surface area contributed by atoms with Crippen LogP contribution in [0, 0.1) is 5.92 Å². The van der Waals surface area contributed by atoms with Gasteiger partial charge >= 0.3 is 5.97 Å². The summed E-state index contributed by atoms with van der Waals surface area (Å²) in [4.78, 5) is 22.3. The molecule has 0 rings (SSSR count). The Bertz CT molecular complexity index is 231. The van der Waals surface area contributed by atoms with Crippen LogP contribution in [0.2, 0.25) is 0 Å². The number of carbonyl (C=O) groups is 2. The molecule has 4 nitrogen and oxygen atoms in total. The molecule has 0 radical (unpaired) electrons. The highest BCUT2D eigenvalue weighted by Gasteiger charge is 2.22. The van der Waals surface area contributed by atoms with Gasteiger partial charge in [0, 0.05) is 12.7 Å². The monoisotopic (exact) mass is 233 g/mol. The van der Waals surface area contributed by atoms with Gasteiger partial charge < -0.3 is 10.1 Å². The van der Waals surface area contributed by atoms with E-state index < -0.39 is 12.0 Å². The van der Waals surface area contributed by atoms with Crippen molar-refractivity contribution in [1.82, 2.24) is 5.32 Å². The largest absolute Gasteiger partial charge is 0.461 e. The maximum absolute atomic E-state index is 11.5. The van der Waals surface area contributed by atoms with E-state index in [2.05, 4.69) is 17.9 Å². The van der Waals surface area contributed by atoms with Crippen LogP contribution in [0.5, 0.6) is 0 Å². The second-order valence-electron chi connectivity index (χ2n) is 3.82. The third-order valence-corrected chi connectivity index (χ3v) is 2.45. The van der Waals surface area contributed by atoms with Gasteiger partial charge in [0.25, 0.3) is 0 Å². The fourth-order valence-electron chi connectivity index (χ4n) is 0.826. The average Bonchev–Trinajstić information content (AvgIpc) is 2.13. The standard InChI is InChI=1S/C10H19NO3S/c1-6(2)7(3)14-10(13)9(5-15)11-8(4)12/h6-7,9,15H,5H2,1-4H3,(H,11,12)/t7?,9-/m0/s1. The lowest BCUT2D eigenvalue weighted by Gasteiger charge is -2.20. The zero-order valence-electron chi connectivity index (χ0n) is 9.61. The Hall–Kier alpha value is -0.710. The van der Waals surface area contributed by atoms with Gasteiger partial charge in [-0.15, -0.1) is 0 Å². The predicted octanol–water partition coefficient (Wildman–Crippen LogP) is 1.01. The highest BCUT2D eigenvalue weighted by molar-refractivity contribution is 7.80. The summed E-state index contributed by atoms with van der Waals surface area (Å²) in [5.41, 5.74) is 0. The van der Waals surface area contributed by atoms with Crippen LogP contribution >= 0.6 is 12.6 Å². The van der Waals surface area contributed by atoms with E-state index in [0.717, 1.165) is 0 Å². The van der Waals surface area contributed by atoms with Gasteiger partial charge in [-0.3, -0.25) is 4.79 Å². The molecule has 0 saturated heterocycles. The molecule has 88 valence electrons. The Balaban J connectivity index is 4.21. The smallest absolute Gasteiger partial charge is 0.329 e. The van der Waals surface area contributed by atoms with Crippen LogP contribution < -0.4 is 5.32 Å². The molecular formula is C10H19NO3S. The SMILES string of the molecule is CC(=O)N[C@@H](CS)C(=O)OC(C)C(C)C. The first-order valence-electron chi connectivity index (χ1n) is 4.97. The molecule has 0 aliphatic carbocycles. The number of hydrogen-bond acceptors (Lipinski definition) is 4. The van der Waals surface area contributed by atoms with Gasteiger partial charge in [0.1, 0.15) is 12.1 Å². The number of hydrogen-bond donors (Lipinski definition) is 2. The summed E-state index contributed by atoms with van der Waals surface area (Å²) < 4.78 is 5.16. The Morgan fingerprint density at radius 2 is 1.87 bits per heavy atom. The molecule has 0 saturated carbocycles. The van der Waals surface area contributed by atoms with Crippen LogP contribution in [-0.2, 0) is 14.3 Å². The molecule has 15 heavy (non-hydrogen) atoms. The van der Waals surface area contributed by atoms with E-state index in [9.17, 15) is 9.59 Å². The molecule has 2 atom stereocenters. The second-order valence-corrected chi connectivity index (χ2v) is 4.19. The Kier molecular flexibility index (Phi) is 6.40. The van der Waals surface area contributed by atoms with Gasteiger partial charge in [0.2, 0.25) is 5.91 Å². The first-order chi connectivity index (χ1) is 6.88. The van der Waals surface area contributed by atoms with Crippen molar-refractivity contribution in [3.8, 4) is 0 Å². The summed E-state index contributed by atoms with van der Waals surface area (Å²) in [6.07, 6.45) is -0.159. The van der Waals surface area contributed by atoms with Crippen molar-refractivity contribution in [2.45, 2.75) is 39.8 Å². The molecule has 1 N–H and O–H groups in total. The molecule has 0 bridgehead atoms. The zero-order valence-corrected chi connectivity index (χ0v) is 10.5. The molecule has 5 heteroatoms. The summed E-state index contributed by atoms with van der Waals surface area (Å²) in [6.45, 7) is 7.11. The van der Waals surface area contributed by atoms with Gasteiger partial charge in [0.15, 0.2) is 0 Å². The first kappa shape index (κ1) is 14.3. The Morgan fingerprint density at radius 1 is 1.33 bits per heavy atom. The van der Waals surface area contributed by atoms with Crippen molar-refractivity contribution >= 4 is 24.5 Å². The predicted molar refractivity (Wildman–Crippen MR) is 61.8 cm³/mol. The van der Waals surface area contributed by atoms with Crippen molar-refractivity contribution in [1.29, 1.82) is 0 Å². The maximum Gasteiger partial charge on any atom is 0.329 e. The maximum atomic E-state index is 11.5. The summed E-state index contributed by atoms with van der Waals surface area (Å²) in [7, 11) is 0. The number of carbonyl (C=O) groups excluding carboxylic acids is 2. The fourth-order valence-corrected chi connectivity index (χ4v) is 1.07. The quantitative estimate of drug-likeness (QED) is 0.550. The highest BCUT2D eigenvalue weighted by atomic mass is 32.1. The minimum Gasteiger partial charge on any atom is -0.461 e. The lowest BCUT2D eigenvalue weighted by molar-refractivity contribution is -0.153. The zero-order chi connectivity index (χ0) is 12.0. The molecule has 1 unspecified atom stereocenters. The summed E-state index contributed by atoms with van der Waals surface area (Å²) >= 11 is 3.99. The van der Waals surface area contributed by atoms with Gasteiger partial charge in [-0.05, 0) is 12.8 Å². The molecule has 0 aromatic rings. The third-order valence-electron chi connectivity index (χ3n) is 2.09. The molecule has 0 aliphatic heterocycles. The summed E-state index contributed by atoms with van der Waals surface area (Å²) in [5.74, 6) is -0.195. The van der Waals surface area contributed by atoms with Crippen LogP contribution in [-0.4, -0.2) is 29.8 Å². The van der Waals surface area contributed by atoms with Gasteiger partial charge in [-0.25, -0.2) is 4.79 Å². The van der Waals surface area contributed by atoms with Crippen molar-refractivity contribution in [3.63, 3.8) is 0 Å². The van der Waals surface area contributed by atoms with E-state index in [-0.39, 0.29) is 23.7 Å². The topological polar surface area (TPSA) is 55.4 Å². The Labute approximate surface area is 96.2 Å². The lowest BCUT2D eigenvalue weighted by Crippen LogP contribution is -2.43. The fraction of sp³-hybridized carbons (Fsp3) is 0.800. The first-order valence-corrected chi connectivity index (χ1v) is 5.60. The number of esters is 1. The second kappa shape index (κ2) is 6.71. The summed E-state index contributed by atoms with van der Waals surface area (Å²) in [6, 6.07) is -0.660. The van der Waals surface area contributed by atoms with E-state index in [1.165, 1.54) is 6.92 Å². The normalized spacial score (nSPS) is 14.5. The summed E-state index contributed by atoms with van der Waals surface area (Å²) in [5, 5.41) is 2.48. The van der Waals surface area contributed by atoms with Crippen molar-refractivity contribution in [2.24, 2.45) is 5.92 Å². The van der Waals surface area contributed by atoms with E-state index in [1.807, 2.05) is 20.8 Å². The number of thiol groups is 1. The number of rotatable bonds is 5. The Morgan fingerprint density at radius 3 is 2.20 bits per heavy atom. The average molecular weight is 233 g/mol. The van der Waals surface area contributed by atoms with Crippen LogP contribution in [0.3, 0.4) is 0 Å². The molecule has 0 heterocycles. The molecule has 0 aromatic heterocycles. The van der Waals surface area contributed by atoms with Gasteiger partial charge in [0.05, 0.1) is 0 Å². The minimum atomic E-state index is -0.660. The number of ether oxygens (including phenoxy) is 1. The van der Waals surface area contributed by atoms with E-state index >= 15 is 0 Å². The van der Waals surface area contributed by atoms with Crippen molar-refractivity contribution in [3.05, 3.63) is 0 Å². The van der Waals surface area contributed by atoms with Crippen molar-refractivity contribution < 1.29 is 14.3 Å². The highest BCUT2D eigenvalue weighted by Crippen LogP contribution is 2.07. The van der Waals surface area contributed by atoms with E-state index in [4.69, 9.17) is 4.74 Å². The molecule has 0 spiro atoms. The minimum absolute atomic E-state index is 0.159. The number of amides is 1. The number of nitrogens with one attached hydrogen (secondary N) is 1. The molecule has 1 amide bonds. The van der Waals surface area contributed by atoms with Crippen LogP contribution in [0.25, 0.3) is 0 Å². The van der Waals surface area contributed by atoms with E-state index in [0.29, 0.717) is 0 Å². The van der Waals surface area contributed by atoms with Crippen molar-refractivity contribution in [2.75, 3.05) is 5.75 Å². The molecule has 0 aliphatic rings. The van der Waals surface area contributed by atoms with Crippen LogP contribution in [0.15, 0.2) is 0 Å². The third kappa shape index (κ3) is 5.67. The van der Waals surface area contributed by atoms with E-state index in [1.54, 1.807) is 0 Å².